The first-order chi connectivity index (χ1) is 12.1. The number of carbonyl (C=O) groups is 2. The number of benzene rings is 2. The van der Waals surface area contributed by atoms with Gasteiger partial charge in [0.05, 0.1) is 24.8 Å². The Morgan fingerprint density at radius 3 is 2.56 bits per heavy atom. The van der Waals surface area contributed by atoms with E-state index in [4.69, 9.17) is 9.47 Å². The molecule has 1 heterocycles. The summed E-state index contributed by atoms with van der Waals surface area (Å²) in [6.45, 7) is 4.38. The number of fused-ring (bicyclic) bond motifs is 1. The highest BCUT2D eigenvalue weighted by molar-refractivity contribution is 6.10. The fraction of sp³-hybridized carbons (Fsp3) is 0.200. The second-order valence-corrected chi connectivity index (χ2v) is 5.64. The predicted molar refractivity (Wildman–Crippen MR) is 95.4 cm³/mol. The number of hydrogen-bond acceptors (Lipinski definition) is 4. The van der Waals surface area contributed by atoms with Gasteiger partial charge < -0.3 is 9.47 Å². The highest BCUT2D eigenvalue weighted by Gasteiger charge is 2.19. The summed E-state index contributed by atoms with van der Waals surface area (Å²) >= 11 is 0. The molecule has 0 unspecified atom stereocenters. The van der Waals surface area contributed by atoms with Gasteiger partial charge in [0.15, 0.2) is 0 Å². The zero-order chi connectivity index (χ0) is 18.0. The van der Waals surface area contributed by atoms with Crippen molar-refractivity contribution in [3.63, 3.8) is 0 Å². The maximum atomic E-state index is 13.0. The lowest BCUT2D eigenvalue weighted by Gasteiger charge is -2.09. The van der Waals surface area contributed by atoms with E-state index < -0.39 is 5.97 Å². The predicted octanol–water partition coefficient (Wildman–Crippen LogP) is 3.82. The number of nitrogens with zero attached hydrogens (tertiary/aromatic N) is 1. The van der Waals surface area contributed by atoms with E-state index in [-0.39, 0.29) is 5.91 Å². The van der Waals surface area contributed by atoms with Crippen molar-refractivity contribution < 1.29 is 19.1 Å². The molecule has 0 spiro atoms. The number of ether oxygens (including phenoxy) is 2. The highest BCUT2D eigenvalue weighted by atomic mass is 16.5. The third-order valence-electron chi connectivity index (χ3n) is 4.06. The first-order valence-electron chi connectivity index (χ1n) is 8.03. The Morgan fingerprint density at radius 2 is 1.88 bits per heavy atom. The highest BCUT2D eigenvalue weighted by Crippen LogP contribution is 2.25. The van der Waals surface area contributed by atoms with Gasteiger partial charge in [-0.15, -0.1) is 0 Å². The van der Waals surface area contributed by atoms with E-state index >= 15 is 0 Å². The van der Waals surface area contributed by atoms with Gasteiger partial charge in [-0.1, -0.05) is 18.2 Å². The number of methoxy groups -OCH3 is 1. The first kappa shape index (κ1) is 16.8. The Morgan fingerprint density at radius 1 is 1.12 bits per heavy atom. The number of aryl methyl sites for hydroxylation is 1. The molecule has 3 aromatic rings. The summed E-state index contributed by atoms with van der Waals surface area (Å²) in [6, 6.07) is 12.6. The van der Waals surface area contributed by atoms with E-state index in [1.807, 2.05) is 26.0 Å². The van der Waals surface area contributed by atoms with Gasteiger partial charge in [0.2, 0.25) is 0 Å². The number of aromatic nitrogens is 1. The Kier molecular flexibility index (Phi) is 4.57. The fourth-order valence-corrected chi connectivity index (χ4v) is 2.86. The molecule has 0 fully saturated rings. The van der Waals surface area contributed by atoms with E-state index in [1.165, 1.54) is 17.9 Å². The SMILES string of the molecule is CCOc1ccc(C(=O)n2cc(C(=O)OC)c3ccccc32)cc1C. The lowest BCUT2D eigenvalue weighted by atomic mass is 10.1. The third kappa shape index (κ3) is 3.01. The van der Waals surface area contributed by atoms with Gasteiger partial charge in [0.25, 0.3) is 5.91 Å². The van der Waals surface area contributed by atoms with Gasteiger partial charge in [-0.25, -0.2) is 4.79 Å². The number of carbonyl (C=O) groups excluding carboxylic acids is 2. The molecule has 0 radical (unpaired) electrons. The maximum Gasteiger partial charge on any atom is 0.340 e. The van der Waals surface area contributed by atoms with Crippen LogP contribution in [0.3, 0.4) is 0 Å². The fourth-order valence-electron chi connectivity index (χ4n) is 2.86. The van der Waals surface area contributed by atoms with Gasteiger partial charge in [0.1, 0.15) is 5.75 Å². The average Bonchev–Trinajstić information content (AvgIpc) is 3.02. The molecule has 5 heteroatoms. The molecule has 0 N–H and O–H groups in total. The van der Waals surface area contributed by atoms with Crippen molar-refractivity contribution in [1.29, 1.82) is 0 Å². The second kappa shape index (κ2) is 6.81. The summed E-state index contributed by atoms with van der Waals surface area (Å²) in [5, 5.41) is 0.686. The molecule has 0 aliphatic carbocycles. The second-order valence-electron chi connectivity index (χ2n) is 5.64. The minimum absolute atomic E-state index is 0.211. The van der Waals surface area contributed by atoms with Crippen LogP contribution in [0.2, 0.25) is 0 Å². The number of rotatable bonds is 4. The van der Waals surface area contributed by atoms with Crippen molar-refractivity contribution in [1.82, 2.24) is 4.57 Å². The molecule has 2 aromatic carbocycles. The van der Waals surface area contributed by atoms with Crippen molar-refractivity contribution >= 4 is 22.8 Å². The maximum absolute atomic E-state index is 13.0. The van der Waals surface area contributed by atoms with Crippen LogP contribution < -0.4 is 4.74 Å². The number of hydrogen-bond donors (Lipinski definition) is 0. The molecular weight excluding hydrogens is 318 g/mol. The molecular formula is C20H19NO4. The minimum atomic E-state index is -0.467. The van der Waals surface area contributed by atoms with E-state index in [1.54, 1.807) is 30.3 Å². The summed E-state index contributed by atoms with van der Waals surface area (Å²) in [5.41, 5.74) is 2.45. The lowest BCUT2D eigenvalue weighted by Crippen LogP contribution is -2.11. The normalized spacial score (nSPS) is 10.7. The third-order valence-corrected chi connectivity index (χ3v) is 4.06. The summed E-state index contributed by atoms with van der Waals surface area (Å²) in [4.78, 5) is 25.0. The molecule has 25 heavy (non-hydrogen) atoms. The van der Waals surface area contributed by atoms with Crippen LogP contribution >= 0.6 is 0 Å². The van der Waals surface area contributed by atoms with Gasteiger partial charge >= 0.3 is 5.97 Å². The molecule has 0 bridgehead atoms. The topological polar surface area (TPSA) is 57.5 Å². The zero-order valence-electron chi connectivity index (χ0n) is 14.4. The molecule has 5 nitrogen and oxygen atoms in total. The Bertz CT molecular complexity index is 955. The largest absolute Gasteiger partial charge is 0.494 e. The summed E-state index contributed by atoms with van der Waals surface area (Å²) in [7, 11) is 1.33. The van der Waals surface area contributed by atoms with Crippen molar-refractivity contribution in [3.8, 4) is 5.75 Å². The average molecular weight is 337 g/mol. The van der Waals surface area contributed by atoms with Gasteiger partial charge in [-0.2, -0.15) is 0 Å². The van der Waals surface area contributed by atoms with E-state index in [9.17, 15) is 9.59 Å². The number of para-hydroxylation sites is 1. The smallest absolute Gasteiger partial charge is 0.340 e. The van der Waals surface area contributed by atoms with Crippen LogP contribution in [-0.4, -0.2) is 30.2 Å². The van der Waals surface area contributed by atoms with Gasteiger partial charge in [-0.3, -0.25) is 9.36 Å². The Labute approximate surface area is 145 Å². The molecule has 0 aliphatic heterocycles. The van der Waals surface area contributed by atoms with Crippen LogP contribution in [-0.2, 0) is 4.74 Å². The summed E-state index contributed by atoms with van der Waals surface area (Å²) in [5.74, 6) is 0.0785. The minimum Gasteiger partial charge on any atom is -0.494 e. The standard InChI is InChI=1S/C20H19NO4/c1-4-25-18-10-9-14(11-13(18)2)19(22)21-12-16(20(23)24-3)15-7-5-6-8-17(15)21/h5-12H,4H2,1-3H3. The van der Waals surface area contributed by atoms with Crippen LogP contribution in [0.15, 0.2) is 48.7 Å². The monoisotopic (exact) mass is 337 g/mol. The van der Waals surface area contributed by atoms with Crippen LogP contribution in [0, 0.1) is 6.92 Å². The van der Waals surface area contributed by atoms with E-state index in [2.05, 4.69) is 0 Å². The Hall–Kier alpha value is -3.08. The van der Waals surface area contributed by atoms with Crippen LogP contribution in [0.5, 0.6) is 5.75 Å². The summed E-state index contributed by atoms with van der Waals surface area (Å²) < 4.78 is 11.8. The van der Waals surface area contributed by atoms with Crippen molar-refractivity contribution in [3.05, 3.63) is 65.4 Å². The Balaban J connectivity index is 2.09. The molecule has 3 rings (SSSR count). The molecule has 0 saturated heterocycles. The van der Waals surface area contributed by atoms with Crippen LogP contribution in [0.25, 0.3) is 10.9 Å². The molecule has 0 amide bonds. The van der Waals surface area contributed by atoms with Crippen molar-refractivity contribution in [2.75, 3.05) is 13.7 Å². The van der Waals surface area contributed by atoms with Gasteiger partial charge in [0, 0.05) is 17.1 Å². The van der Waals surface area contributed by atoms with E-state index in [0.29, 0.717) is 28.6 Å². The van der Waals surface area contributed by atoms with Crippen molar-refractivity contribution in [2.45, 2.75) is 13.8 Å². The lowest BCUT2D eigenvalue weighted by molar-refractivity contribution is 0.0603. The van der Waals surface area contributed by atoms with Gasteiger partial charge in [-0.05, 0) is 43.7 Å². The van der Waals surface area contributed by atoms with Crippen LogP contribution in [0.1, 0.15) is 33.2 Å². The summed E-state index contributed by atoms with van der Waals surface area (Å²) in [6.07, 6.45) is 1.53. The van der Waals surface area contributed by atoms with Crippen molar-refractivity contribution in [2.24, 2.45) is 0 Å². The molecule has 0 saturated carbocycles. The molecule has 0 atom stereocenters. The zero-order valence-corrected chi connectivity index (χ0v) is 14.4. The first-order valence-corrected chi connectivity index (χ1v) is 8.03. The quantitative estimate of drug-likeness (QED) is 0.679. The van der Waals surface area contributed by atoms with E-state index in [0.717, 1.165) is 11.3 Å². The molecule has 0 aliphatic rings. The molecule has 1 aromatic heterocycles. The van der Waals surface area contributed by atoms with Crippen LogP contribution in [0.4, 0.5) is 0 Å². The molecule has 128 valence electrons. The number of esters is 1.